The average molecular weight is 312 g/mol. The molecule has 4 nitrogen and oxygen atoms in total. The van der Waals surface area contributed by atoms with Crippen molar-refractivity contribution in [3.63, 3.8) is 0 Å². The number of fused-ring (bicyclic) bond motifs is 2. The molecule has 1 N–H and O–H groups in total. The molecule has 0 bridgehead atoms. The summed E-state index contributed by atoms with van der Waals surface area (Å²) in [5.41, 5.74) is 2.19. The van der Waals surface area contributed by atoms with Gasteiger partial charge in [-0.25, -0.2) is 4.98 Å². The first kappa shape index (κ1) is 13.4. The zero-order valence-electron chi connectivity index (χ0n) is 12.2. The molecule has 1 aliphatic rings. The van der Waals surface area contributed by atoms with Crippen molar-refractivity contribution in [3.05, 3.63) is 48.0 Å². The van der Waals surface area contributed by atoms with Crippen LogP contribution in [-0.4, -0.2) is 18.7 Å². The number of benzene rings is 2. The molecule has 3 aromatic rings. The molecule has 5 heteroatoms. The van der Waals surface area contributed by atoms with Crippen LogP contribution >= 0.6 is 11.3 Å². The number of thiazole rings is 1. The van der Waals surface area contributed by atoms with Crippen molar-refractivity contribution in [3.8, 4) is 11.5 Å². The van der Waals surface area contributed by atoms with Gasteiger partial charge in [0.05, 0.1) is 30.0 Å². The van der Waals surface area contributed by atoms with E-state index in [1.165, 1.54) is 5.56 Å². The Morgan fingerprint density at radius 1 is 1.27 bits per heavy atom. The molecule has 0 radical (unpaired) electrons. The number of hydrogen-bond donors (Lipinski definition) is 1. The number of ether oxygens (including phenoxy) is 2. The molecule has 1 unspecified atom stereocenters. The maximum absolute atomic E-state index is 5.71. The van der Waals surface area contributed by atoms with E-state index in [0.29, 0.717) is 0 Å². The predicted octanol–water partition coefficient (Wildman–Crippen LogP) is 4.24. The summed E-state index contributed by atoms with van der Waals surface area (Å²) >= 11 is 1.65. The predicted molar refractivity (Wildman–Crippen MR) is 89.1 cm³/mol. The summed E-state index contributed by atoms with van der Waals surface area (Å²) in [6.45, 7) is 0.730. The number of aromatic nitrogens is 1. The van der Waals surface area contributed by atoms with Crippen LogP contribution in [0.1, 0.15) is 18.0 Å². The summed E-state index contributed by atoms with van der Waals surface area (Å²) in [5.74, 6) is 1.83. The average Bonchev–Trinajstić information content (AvgIpc) is 2.96. The SMILES string of the molecule is COc1ccc2nc(NC3CCOc4ccccc43)sc2c1. The van der Waals surface area contributed by atoms with Crippen LogP contribution in [0.2, 0.25) is 0 Å². The highest BCUT2D eigenvalue weighted by Crippen LogP contribution is 2.36. The molecule has 2 aromatic carbocycles. The van der Waals surface area contributed by atoms with E-state index < -0.39 is 0 Å². The van der Waals surface area contributed by atoms with Crippen LogP contribution in [0.3, 0.4) is 0 Å². The van der Waals surface area contributed by atoms with Crippen LogP contribution in [-0.2, 0) is 0 Å². The largest absolute Gasteiger partial charge is 0.497 e. The van der Waals surface area contributed by atoms with Crippen molar-refractivity contribution in [2.45, 2.75) is 12.5 Å². The Hall–Kier alpha value is -2.27. The molecule has 1 aromatic heterocycles. The summed E-state index contributed by atoms with van der Waals surface area (Å²) in [7, 11) is 1.68. The minimum atomic E-state index is 0.243. The zero-order valence-corrected chi connectivity index (χ0v) is 13.0. The first-order chi connectivity index (χ1) is 10.8. The molecule has 0 fully saturated rings. The van der Waals surface area contributed by atoms with Crippen LogP contribution in [0, 0.1) is 0 Å². The van der Waals surface area contributed by atoms with Crippen molar-refractivity contribution in [1.82, 2.24) is 4.98 Å². The molecular weight excluding hydrogens is 296 g/mol. The molecule has 0 aliphatic carbocycles. The molecule has 1 aliphatic heterocycles. The number of hydrogen-bond acceptors (Lipinski definition) is 5. The van der Waals surface area contributed by atoms with Gasteiger partial charge >= 0.3 is 0 Å². The van der Waals surface area contributed by atoms with Gasteiger partial charge in [-0.05, 0) is 24.3 Å². The minimum absolute atomic E-state index is 0.243. The van der Waals surface area contributed by atoms with E-state index in [1.54, 1.807) is 18.4 Å². The Bertz CT molecular complexity index is 815. The topological polar surface area (TPSA) is 43.4 Å². The second kappa shape index (κ2) is 5.50. The third kappa shape index (κ3) is 2.37. The van der Waals surface area contributed by atoms with E-state index >= 15 is 0 Å². The lowest BCUT2D eigenvalue weighted by atomic mass is 10.0. The number of para-hydroxylation sites is 1. The smallest absolute Gasteiger partial charge is 0.184 e. The van der Waals surface area contributed by atoms with Gasteiger partial charge < -0.3 is 14.8 Å². The fourth-order valence-corrected chi connectivity index (χ4v) is 3.68. The third-order valence-corrected chi connectivity index (χ3v) is 4.80. The Morgan fingerprint density at radius 2 is 2.18 bits per heavy atom. The molecule has 2 heterocycles. The summed E-state index contributed by atoms with van der Waals surface area (Å²) in [4.78, 5) is 4.67. The lowest BCUT2D eigenvalue weighted by molar-refractivity contribution is 0.274. The number of nitrogens with one attached hydrogen (secondary N) is 1. The molecule has 22 heavy (non-hydrogen) atoms. The number of rotatable bonds is 3. The Kier molecular flexibility index (Phi) is 3.35. The van der Waals surface area contributed by atoms with Crippen molar-refractivity contribution in [2.24, 2.45) is 0 Å². The quantitative estimate of drug-likeness (QED) is 0.785. The van der Waals surface area contributed by atoms with Gasteiger partial charge in [0.1, 0.15) is 11.5 Å². The van der Waals surface area contributed by atoms with Crippen LogP contribution < -0.4 is 14.8 Å². The third-order valence-electron chi connectivity index (χ3n) is 3.85. The highest BCUT2D eigenvalue weighted by atomic mass is 32.1. The molecule has 0 saturated carbocycles. The molecule has 1 atom stereocenters. The molecule has 0 amide bonds. The minimum Gasteiger partial charge on any atom is -0.497 e. The van der Waals surface area contributed by atoms with E-state index in [1.807, 2.05) is 36.4 Å². The fourth-order valence-electron chi connectivity index (χ4n) is 2.73. The molecule has 0 saturated heterocycles. The van der Waals surface area contributed by atoms with Gasteiger partial charge in [-0.15, -0.1) is 0 Å². The fraction of sp³-hybridized carbons (Fsp3) is 0.235. The molecular formula is C17H16N2O2S. The number of methoxy groups -OCH3 is 1. The van der Waals surface area contributed by atoms with Gasteiger partial charge in [-0.3, -0.25) is 0 Å². The van der Waals surface area contributed by atoms with Gasteiger partial charge in [-0.2, -0.15) is 0 Å². The van der Waals surface area contributed by atoms with Crippen molar-refractivity contribution in [1.29, 1.82) is 0 Å². The first-order valence-corrected chi connectivity index (χ1v) is 8.08. The standard InChI is InChI=1S/C17H16N2O2S/c1-20-11-6-7-14-16(10-11)22-17(19-14)18-13-8-9-21-15-5-3-2-4-12(13)15/h2-7,10,13H,8-9H2,1H3,(H,18,19). The summed E-state index contributed by atoms with van der Waals surface area (Å²) < 4.78 is 12.1. The van der Waals surface area contributed by atoms with Gasteiger partial charge in [0.15, 0.2) is 5.13 Å². The highest BCUT2D eigenvalue weighted by Gasteiger charge is 2.21. The zero-order chi connectivity index (χ0) is 14.9. The van der Waals surface area contributed by atoms with Gasteiger partial charge in [0.25, 0.3) is 0 Å². The Morgan fingerprint density at radius 3 is 3.09 bits per heavy atom. The van der Waals surface area contributed by atoms with Crippen molar-refractivity contribution >= 4 is 26.7 Å². The monoisotopic (exact) mass is 312 g/mol. The van der Waals surface area contributed by atoms with Gasteiger partial charge in [0.2, 0.25) is 0 Å². The van der Waals surface area contributed by atoms with Crippen molar-refractivity contribution in [2.75, 3.05) is 19.0 Å². The summed E-state index contributed by atoms with van der Waals surface area (Å²) in [6, 6.07) is 14.4. The maximum Gasteiger partial charge on any atom is 0.184 e. The lowest BCUT2D eigenvalue weighted by Crippen LogP contribution is -2.20. The Labute approximate surface area is 132 Å². The maximum atomic E-state index is 5.71. The summed E-state index contributed by atoms with van der Waals surface area (Å²) in [5, 5.41) is 4.49. The second-order valence-corrected chi connectivity index (χ2v) is 6.26. The van der Waals surface area contributed by atoms with Crippen LogP contribution in [0.15, 0.2) is 42.5 Å². The van der Waals surface area contributed by atoms with Gasteiger partial charge in [0, 0.05) is 12.0 Å². The molecule has 112 valence electrons. The summed E-state index contributed by atoms with van der Waals surface area (Å²) in [6.07, 6.45) is 0.941. The molecule has 4 rings (SSSR count). The van der Waals surface area contributed by atoms with E-state index in [0.717, 1.165) is 39.9 Å². The van der Waals surface area contributed by atoms with E-state index in [9.17, 15) is 0 Å². The highest BCUT2D eigenvalue weighted by molar-refractivity contribution is 7.22. The van der Waals surface area contributed by atoms with Gasteiger partial charge in [-0.1, -0.05) is 29.5 Å². The lowest BCUT2D eigenvalue weighted by Gasteiger charge is -2.26. The second-order valence-electron chi connectivity index (χ2n) is 5.22. The Balaban J connectivity index is 1.64. The van der Waals surface area contributed by atoms with E-state index in [2.05, 4.69) is 16.4 Å². The van der Waals surface area contributed by atoms with E-state index in [4.69, 9.17) is 9.47 Å². The number of anilines is 1. The first-order valence-electron chi connectivity index (χ1n) is 7.26. The van der Waals surface area contributed by atoms with Crippen LogP contribution in [0.25, 0.3) is 10.2 Å². The van der Waals surface area contributed by atoms with Crippen LogP contribution in [0.4, 0.5) is 5.13 Å². The number of nitrogens with zero attached hydrogens (tertiary/aromatic N) is 1. The van der Waals surface area contributed by atoms with Crippen molar-refractivity contribution < 1.29 is 9.47 Å². The normalized spacial score (nSPS) is 16.9. The van der Waals surface area contributed by atoms with E-state index in [-0.39, 0.29) is 6.04 Å². The van der Waals surface area contributed by atoms with Crippen LogP contribution in [0.5, 0.6) is 11.5 Å². The molecule has 0 spiro atoms.